The van der Waals surface area contributed by atoms with Gasteiger partial charge in [-0.3, -0.25) is 0 Å². The number of benzene rings is 3. The fourth-order valence-electron chi connectivity index (χ4n) is 5.07. The summed E-state index contributed by atoms with van der Waals surface area (Å²) in [7, 11) is -4.44. The molecule has 1 aliphatic carbocycles. The zero-order chi connectivity index (χ0) is 30.4. The van der Waals surface area contributed by atoms with Gasteiger partial charge in [0, 0.05) is 11.1 Å². The van der Waals surface area contributed by atoms with Gasteiger partial charge in [0.05, 0.1) is 17.6 Å². The molecule has 0 heterocycles. The molecule has 41 heavy (non-hydrogen) atoms. The first-order valence-electron chi connectivity index (χ1n) is 12.0. The minimum atomic E-state index is -6.15. The lowest BCUT2D eigenvalue weighted by Crippen LogP contribution is -2.55. The van der Waals surface area contributed by atoms with Crippen LogP contribution in [0.5, 0.6) is 0 Å². The normalized spacial score (nSPS) is 20.4. The van der Waals surface area contributed by atoms with Gasteiger partial charge < -0.3 is 9.84 Å². The monoisotopic (exact) mass is 612 g/mol. The average molecular weight is 613 g/mol. The zero-order valence-corrected chi connectivity index (χ0v) is 21.6. The molecule has 1 aliphatic rings. The third-order valence-corrected chi connectivity index (χ3v) is 9.68. The maximum atomic E-state index is 14.2. The van der Waals surface area contributed by atoms with Gasteiger partial charge in [-0.15, -0.1) is 0 Å². The van der Waals surface area contributed by atoms with Crippen molar-refractivity contribution in [2.45, 2.75) is 59.6 Å². The van der Waals surface area contributed by atoms with Gasteiger partial charge in [-0.2, -0.15) is 26.3 Å². The molecule has 0 unspecified atom stereocenters. The van der Waals surface area contributed by atoms with Crippen molar-refractivity contribution < 1.29 is 57.8 Å². The van der Waals surface area contributed by atoms with E-state index < -0.39 is 80.2 Å². The third-order valence-electron chi connectivity index (χ3n) is 7.15. The maximum absolute atomic E-state index is 14.2. The van der Waals surface area contributed by atoms with E-state index >= 15 is 0 Å². The minimum Gasteiger partial charge on any atom is -0.393 e. The Balaban J connectivity index is 1.82. The van der Waals surface area contributed by atoms with E-state index in [1.165, 1.54) is 0 Å². The summed E-state index contributed by atoms with van der Waals surface area (Å²) in [6, 6.07) is 7.49. The van der Waals surface area contributed by atoms with Crippen LogP contribution in [0.1, 0.15) is 36.0 Å². The Morgan fingerprint density at radius 1 is 0.829 bits per heavy atom. The Labute approximate surface area is 228 Å². The SMILES string of the molecule is O=S(=O)(c1ccc(F)cc1)[C@]1(c2ccc(C(OCc3cc(F)ccc3F)(C(F)(F)F)C(F)(F)F)cc2)CC[C@@H](O)C1. The van der Waals surface area contributed by atoms with E-state index in [-0.39, 0.29) is 23.3 Å². The highest BCUT2D eigenvalue weighted by Crippen LogP contribution is 2.54. The predicted octanol–water partition coefficient (Wildman–Crippen LogP) is 6.85. The van der Waals surface area contributed by atoms with Gasteiger partial charge in [-0.1, -0.05) is 24.3 Å². The fourth-order valence-corrected chi connectivity index (χ4v) is 7.26. The molecule has 1 saturated carbocycles. The highest BCUT2D eigenvalue weighted by atomic mass is 32.2. The van der Waals surface area contributed by atoms with E-state index in [0.29, 0.717) is 30.3 Å². The van der Waals surface area contributed by atoms with Crippen LogP contribution in [0.3, 0.4) is 0 Å². The van der Waals surface area contributed by atoms with Gasteiger partial charge in [0.25, 0.3) is 5.60 Å². The Hall–Kier alpha value is -3.10. The van der Waals surface area contributed by atoms with Gasteiger partial charge in [-0.05, 0) is 67.3 Å². The molecule has 0 bridgehead atoms. The van der Waals surface area contributed by atoms with Gasteiger partial charge in [-0.25, -0.2) is 21.6 Å². The number of aliphatic hydroxyl groups excluding tert-OH is 1. The number of hydrogen-bond acceptors (Lipinski definition) is 4. The average Bonchev–Trinajstić information content (AvgIpc) is 3.29. The predicted molar refractivity (Wildman–Crippen MR) is 126 cm³/mol. The maximum Gasteiger partial charge on any atom is 0.430 e. The van der Waals surface area contributed by atoms with Gasteiger partial charge in [0.15, 0.2) is 9.84 Å². The number of hydrogen-bond donors (Lipinski definition) is 1. The number of ether oxygens (including phenoxy) is 1. The summed E-state index contributed by atoms with van der Waals surface area (Å²) in [5.41, 5.74) is -7.61. The lowest BCUT2D eigenvalue weighted by atomic mass is 9.88. The van der Waals surface area contributed by atoms with Gasteiger partial charge in [0.2, 0.25) is 0 Å². The summed E-state index contributed by atoms with van der Waals surface area (Å²) in [6.45, 7) is -1.61. The molecule has 3 aromatic carbocycles. The quantitative estimate of drug-likeness (QED) is 0.234. The van der Waals surface area contributed by atoms with Crippen molar-refractivity contribution in [2.24, 2.45) is 0 Å². The van der Waals surface area contributed by atoms with Crippen LogP contribution in [0.2, 0.25) is 0 Å². The van der Waals surface area contributed by atoms with Crippen LogP contribution in [0.25, 0.3) is 0 Å². The molecule has 0 radical (unpaired) electrons. The fraction of sp³-hybridized carbons (Fsp3) is 0.333. The lowest BCUT2D eigenvalue weighted by Gasteiger charge is -2.38. The topological polar surface area (TPSA) is 63.6 Å². The number of rotatable bonds is 7. The largest absolute Gasteiger partial charge is 0.430 e. The van der Waals surface area contributed by atoms with E-state index in [1.807, 2.05) is 0 Å². The van der Waals surface area contributed by atoms with E-state index in [9.17, 15) is 53.0 Å². The number of aliphatic hydroxyl groups is 1. The third kappa shape index (κ3) is 5.32. The molecule has 222 valence electrons. The van der Waals surface area contributed by atoms with Crippen molar-refractivity contribution in [3.05, 3.63) is 101 Å². The van der Waals surface area contributed by atoms with Crippen LogP contribution in [-0.2, 0) is 31.5 Å². The number of halogens is 9. The first-order valence-corrected chi connectivity index (χ1v) is 13.4. The van der Waals surface area contributed by atoms with E-state index in [2.05, 4.69) is 4.74 Å². The molecule has 1 fully saturated rings. The standard InChI is InChI=1S/C27H21F9O4S/c28-19-5-8-22(9-6-19)41(38,39)24(12-11-21(37)14-24)17-1-3-18(4-2-17)25(26(31,32)33,27(34,35)36)40-15-16-13-20(29)7-10-23(16)30/h1-10,13,21,37H,11-12,14-15H2/t21-,24-/m1/s1. The molecule has 4 nitrogen and oxygen atoms in total. The van der Waals surface area contributed by atoms with Gasteiger partial charge >= 0.3 is 12.4 Å². The zero-order valence-electron chi connectivity index (χ0n) is 20.7. The summed E-state index contributed by atoms with van der Waals surface area (Å²) < 4.78 is 156. The van der Waals surface area contributed by atoms with Crippen molar-refractivity contribution in [1.29, 1.82) is 0 Å². The van der Waals surface area contributed by atoms with E-state index in [1.54, 1.807) is 0 Å². The molecule has 4 rings (SSSR count). The molecule has 0 aliphatic heterocycles. The minimum absolute atomic E-state index is 0.0421. The molecule has 3 aromatic rings. The molecule has 1 N–H and O–H groups in total. The Bertz CT molecular complexity index is 1490. The molecule has 0 aromatic heterocycles. The Morgan fingerprint density at radius 2 is 1.39 bits per heavy atom. The smallest absolute Gasteiger partial charge is 0.393 e. The molecule has 14 heteroatoms. The second-order valence-corrected chi connectivity index (χ2v) is 11.9. The first-order chi connectivity index (χ1) is 18.9. The highest BCUT2D eigenvalue weighted by molar-refractivity contribution is 7.92. The van der Waals surface area contributed by atoms with Crippen LogP contribution in [0, 0.1) is 17.5 Å². The first kappa shape index (κ1) is 30.8. The molecule has 0 saturated heterocycles. The number of alkyl halides is 6. The summed E-state index contributed by atoms with van der Waals surface area (Å²) in [5, 5.41) is 10.2. The van der Waals surface area contributed by atoms with Crippen LogP contribution >= 0.6 is 0 Å². The van der Waals surface area contributed by atoms with Crippen LogP contribution in [0.15, 0.2) is 71.6 Å². The summed E-state index contributed by atoms with van der Waals surface area (Å²) in [4.78, 5) is -0.363. The van der Waals surface area contributed by atoms with Crippen molar-refractivity contribution in [1.82, 2.24) is 0 Å². The molecular formula is C27H21F9O4S. The van der Waals surface area contributed by atoms with E-state index in [0.717, 1.165) is 36.4 Å². The summed E-state index contributed by atoms with van der Waals surface area (Å²) in [6.07, 6.45) is -14.2. The van der Waals surface area contributed by atoms with Crippen molar-refractivity contribution >= 4 is 9.84 Å². The second kappa shape index (κ2) is 10.6. The van der Waals surface area contributed by atoms with Crippen LogP contribution in [-0.4, -0.2) is 32.0 Å². The molecule has 0 spiro atoms. The Morgan fingerprint density at radius 3 is 1.90 bits per heavy atom. The van der Waals surface area contributed by atoms with Crippen LogP contribution < -0.4 is 0 Å². The highest BCUT2D eigenvalue weighted by Gasteiger charge is 2.73. The lowest BCUT2D eigenvalue weighted by molar-refractivity contribution is -0.392. The number of sulfone groups is 1. The second-order valence-electron chi connectivity index (χ2n) is 9.63. The summed E-state index contributed by atoms with van der Waals surface area (Å²) >= 11 is 0. The van der Waals surface area contributed by atoms with Crippen molar-refractivity contribution in [2.75, 3.05) is 0 Å². The van der Waals surface area contributed by atoms with E-state index in [4.69, 9.17) is 0 Å². The Kier molecular flexibility index (Phi) is 8.00. The van der Waals surface area contributed by atoms with Crippen LogP contribution in [0.4, 0.5) is 39.5 Å². The molecular weight excluding hydrogens is 591 g/mol. The van der Waals surface area contributed by atoms with Gasteiger partial charge in [0.1, 0.15) is 22.2 Å². The molecule has 0 amide bonds. The molecule has 2 atom stereocenters. The van der Waals surface area contributed by atoms with Crippen molar-refractivity contribution in [3.8, 4) is 0 Å². The summed E-state index contributed by atoms with van der Waals surface area (Å²) in [5.74, 6) is -3.17. The van der Waals surface area contributed by atoms with Crippen molar-refractivity contribution in [3.63, 3.8) is 0 Å².